The van der Waals surface area contributed by atoms with E-state index in [-0.39, 0.29) is 0 Å². The SMILES string of the molecule is CCCc1nnc(SCc2ccc(Cl)cc2)n1/N=C/c1ccc(OCCc2ccccc2)c(OC)c1. The molecule has 0 atom stereocenters. The first-order chi connectivity index (χ1) is 17.7. The Bertz CT molecular complexity index is 1280. The van der Waals surface area contributed by atoms with E-state index in [0.29, 0.717) is 18.1 Å². The van der Waals surface area contributed by atoms with E-state index in [2.05, 4.69) is 29.3 Å². The van der Waals surface area contributed by atoms with Gasteiger partial charge >= 0.3 is 0 Å². The lowest BCUT2D eigenvalue weighted by Crippen LogP contribution is -2.03. The van der Waals surface area contributed by atoms with Crippen LogP contribution in [0.4, 0.5) is 0 Å². The third-order valence-corrected chi connectivity index (χ3v) is 6.67. The molecule has 0 spiro atoms. The van der Waals surface area contributed by atoms with Gasteiger partial charge in [-0.15, -0.1) is 10.2 Å². The number of halogens is 1. The number of hydrogen-bond acceptors (Lipinski definition) is 6. The number of aryl methyl sites for hydroxylation is 1. The summed E-state index contributed by atoms with van der Waals surface area (Å²) in [5.41, 5.74) is 3.29. The second-order valence-corrected chi connectivity index (χ2v) is 9.49. The average molecular weight is 521 g/mol. The molecule has 0 unspecified atom stereocenters. The van der Waals surface area contributed by atoms with Gasteiger partial charge in [-0.2, -0.15) is 9.78 Å². The molecule has 186 valence electrons. The molecule has 0 N–H and O–H groups in total. The zero-order valence-electron chi connectivity index (χ0n) is 20.4. The summed E-state index contributed by atoms with van der Waals surface area (Å²) in [4.78, 5) is 0. The zero-order valence-corrected chi connectivity index (χ0v) is 22.0. The first-order valence-corrected chi connectivity index (χ1v) is 13.2. The molecule has 0 fully saturated rings. The van der Waals surface area contributed by atoms with E-state index >= 15 is 0 Å². The van der Waals surface area contributed by atoms with Crippen LogP contribution >= 0.6 is 23.4 Å². The zero-order chi connectivity index (χ0) is 25.2. The highest BCUT2D eigenvalue weighted by atomic mass is 35.5. The Hall–Kier alpha value is -3.29. The van der Waals surface area contributed by atoms with Crippen LogP contribution in [0.2, 0.25) is 5.02 Å². The lowest BCUT2D eigenvalue weighted by molar-refractivity contribution is 0.297. The molecule has 0 saturated carbocycles. The molecule has 0 aliphatic rings. The van der Waals surface area contributed by atoms with E-state index in [9.17, 15) is 0 Å². The van der Waals surface area contributed by atoms with Gasteiger partial charge in [0.2, 0.25) is 5.16 Å². The minimum Gasteiger partial charge on any atom is -0.493 e. The molecule has 0 aliphatic carbocycles. The van der Waals surface area contributed by atoms with Crippen LogP contribution in [0.25, 0.3) is 0 Å². The second-order valence-electron chi connectivity index (χ2n) is 8.11. The molecule has 0 aliphatic heterocycles. The Morgan fingerprint density at radius 3 is 2.50 bits per heavy atom. The van der Waals surface area contributed by atoms with Crippen LogP contribution in [0.5, 0.6) is 11.5 Å². The van der Waals surface area contributed by atoms with Gasteiger partial charge in [-0.1, -0.05) is 72.8 Å². The molecule has 4 aromatic rings. The molecule has 4 rings (SSSR count). The molecule has 0 radical (unpaired) electrons. The Labute approximate surface area is 221 Å². The van der Waals surface area contributed by atoms with Crippen molar-refractivity contribution >= 4 is 29.6 Å². The van der Waals surface area contributed by atoms with Crippen LogP contribution in [-0.2, 0) is 18.6 Å². The van der Waals surface area contributed by atoms with E-state index in [0.717, 1.165) is 52.1 Å². The fourth-order valence-corrected chi connectivity index (χ4v) is 4.53. The number of ether oxygens (including phenoxy) is 2. The summed E-state index contributed by atoms with van der Waals surface area (Å²) in [7, 11) is 1.64. The fourth-order valence-electron chi connectivity index (χ4n) is 3.54. The van der Waals surface area contributed by atoms with Crippen LogP contribution in [-0.4, -0.2) is 34.8 Å². The summed E-state index contributed by atoms with van der Waals surface area (Å²) in [5, 5.41) is 14.9. The highest BCUT2D eigenvalue weighted by Gasteiger charge is 2.12. The maximum absolute atomic E-state index is 6.00. The van der Waals surface area contributed by atoms with Crippen molar-refractivity contribution in [3.8, 4) is 11.5 Å². The minimum atomic E-state index is 0.573. The van der Waals surface area contributed by atoms with Gasteiger partial charge in [-0.05, 0) is 53.4 Å². The minimum absolute atomic E-state index is 0.573. The molecule has 3 aromatic carbocycles. The maximum Gasteiger partial charge on any atom is 0.212 e. The van der Waals surface area contributed by atoms with Gasteiger partial charge in [-0.25, -0.2) is 0 Å². The molecule has 6 nitrogen and oxygen atoms in total. The van der Waals surface area contributed by atoms with Crippen LogP contribution in [0, 0.1) is 0 Å². The van der Waals surface area contributed by atoms with E-state index in [1.165, 1.54) is 5.56 Å². The van der Waals surface area contributed by atoms with E-state index < -0.39 is 0 Å². The molecule has 0 amide bonds. The summed E-state index contributed by atoms with van der Waals surface area (Å²) < 4.78 is 13.4. The van der Waals surface area contributed by atoms with Gasteiger partial charge in [0.1, 0.15) is 0 Å². The third kappa shape index (κ3) is 7.12. The van der Waals surface area contributed by atoms with Gasteiger partial charge in [0.15, 0.2) is 17.3 Å². The molecular formula is C28H29ClN4O2S. The van der Waals surface area contributed by atoms with Gasteiger partial charge < -0.3 is 9.47 Å². The van der Waals surface area contributed by atoms with Crippen molar-refractivity contribution in [1.29, 1.82) is 0 Å². The van der Waals surface area contributed by atoms with Crippen LogP contribution in [0.1, 0.15) is 35.9 Å². The Kier molecular flexibility index (Phi) is 9.41. The number of thioether (sulfide) groups is 1. The predicted octanol–water partition coefficient (Wildman–Crippen LogP) is 6.69. The average Bonchev–Trinajstić information content (AvgIpc) is 3.29. The van der Waals surface area contributed by atoms with Gasteiger partial charge in [0.25, 0.3) is 0 Å². The number of hydrogen-bond donors (Lipinski definition) is 0. The van der Waals surface area contributed by atoms with Crippen molar-refractivity contribution in [2.24, 2.45) is 5.10 Å². The van der Waals surface area contributed by atoms with Gasteiger partial charge in [-0.3, -0.25) is 0 Å². The molecule has 36 heavy (non-hydrogen) atoms. The van der Waals surface area contributed by atoms with E-state index in [1.54, 1.807) is 25.1 Å². The summed E-state index contributed by atoms with van der Waals surface area (Å²) in [6, 6.07) is 23.9. The number of rotatable bonds is 12. The molecule has 0 saturated heterocycles. The van der Waals surface area contributed by atoms with Crippen molar-refractivity contribution in [3.05, 3.63) is 100 Å². The Morgan fingerprint density at radius 1 is 0.944 bits per heavy atom. The van der Waals surface area contributed by atoms with Gasteiger partial charge in [0.05, 0.1) is 19.9 Å². The first-order valence-electron chi connectivity index (χ1n) is 11.9. The van der Waals surface area contributed by atoms with Crippen molar-refractivity contribution in [2.75, 3.05) is 13.7 Å². The van der Waals surface area contributed by atoms with Crippen molar-refractivity contribution in [1.82, 2.24) is 14.9 Å². The molecule has 8 heteroatoms. The molecule has 1 heterocycles. The number of benzene rings is 3. The van der Waals surface area contributed by atoms with Crippen molar-refractivity contribution < 1.29 is 9.47 Å². The molecule has 0 bridgehead atoms. The second kappa shape index (κ2) is 13.1. The summed E-state index contributed by atoms with van der Waals surface area (Å²) in [5.74, 6) is 2.96. The maximum atomic E-state index is 6.00. The Balaban J connectivity index is 1.45. The van der Waals surface area contributed by atoms with Crippen LogP contribution in [0.3, 0.4) is 0 Å². The smallest absolute Gasteiger partial charge is 0.212 e. The van der Waals surface area contributed by atoms with Crippen LogP contribution < -0.4 is 9.47 Å². The molecular weight excluding hydrogens is 492 g/mol. The van der Waals surface area contributed by atoms with Crippen molar-refractivity contribution in [2.45, 2.75) is 37.1 Å². The first kappa shape index (κ1) is 25.8. The lowest BCUT2D eigenvalue weighted by atomic mass is 10.2. The standard InChI is InChI=1S/C28H29ClN4O2S/c1-3-7-27-31-32-28(36-20-22-10-13-24(29)14-11-22)33(27)30-19-23-12-15-25(26(18-23)34-2)35-17-16-21-8-5-4-6-9-21/h4-6,8-15,18-19H,3,7,16-17,20H2,1-2H3/b30-19+. The Morgan fingerprint density at radius 2 is 1.75 bits per heavy atom. The highest BCUT2D eigenvalue weighted by Crippen LogP contribution is 2.28. The largest absolute Gasteiger partial charge is 0.493 e. The van der Waals surface area contributed by atoms with E-state index in [1.807, 2.05) is 65.3 Å². The molecule has 1 aromatic heterocycles. The summed E-state index contributed by atoms with van der Waals surface area (Å²) in [6.45, 7) is 2.69. The monoisotopic (exact) mass is 520 g/mol. The van der Waals surface area contributed by atoms with Crippen molar-refractivity contribution in [3.63, 3.8) is 0 Å². The lowest BCUT2D eigenvalue weighted by Gasteiger charge is -2.11. The predicted molar refractivity (Wildman–Crippen MR) is 147 cm³/mol. The normalized spacial score (nSPS) is 11.2. The van der Waals surface area contributed by atoms with Crippen LogP contribution in [0.15, 0.2) is 83.1 Å². The third-order valence-electron chi connectivity index (χ3n) is 5.43. The van der Waals surface area contributed by atoms with E-state index in [4.69, 9.17) is 26.2 Å². The fraction of sp³-hybridized carbons (Fsp3) is 0.250. The topological polar surface area (TPSA) is 61.5 Å². The quantitative estimate of drug-likeness (QED) is 0.154. The van der Waals surface area contributed by atoms with Gasteiger partial charge in [0, 0.05) is 23.6 Å². The summed E-state index contributed by atoms with van der Waals surface area (Å²) in [6.07, 6.45) is 4.38. The number of nitrogens with zero attached hydrogens (tertiary/aromatic N) is 4. The number of aromatic nitrogens is 3. The number of methoxy groups -OCH3 is 1. The summed E-state index contributed by atoms with van der Waals surface area (Å²) >= 11 is 7.60. The highest BCUT2D eigenvalue weighted by molar-refractivity contribution is 7.98.